The molecule has 0 aliphatic carbocycles. The van der Waals surface area contributed by atoms with E-state index >= 15 is 0 Å². The van der Waals surface area contributed by atoms with Gasteiger partial charge in [0.05, 0.1) is 26.8 Å². The molecule has 134 valence electrons. The van der Waals surface area contributed by atoms with Gasteiger partial charge in [0.2, 0.25) is 0 Å². The molecule has 0 spiro atoms. The van der Waals surface area contributed by atoms with Gasteiger partial charge in [-0.1, -0.05) is 17.2 Å². The van der Waals surface area contributed by atoms with E-state index in [0.717, 1.165) is 0 Å². The van der Waals surface area contributed by atoms with Gasteiger partial charge in [-0.25, -0.2) is 13.2 Å². The maximum atomic E-state index is 12.2. The van der Waals surface area contributed by atoms with E-state index in [9.17, 15) is 22.8 Å². The van der Waals surface area contributed by atoms with Crippen LogP contribution in [-0.4, -0.2) is 36.5 Å². The number of amides is 2. The summed E-state index contributed by atoms with van der Waals surface area (Å²) in [6.07, 6.45) is 0. The van der Waals surface area contributed by atoms with Gasteiger partial charge in [0, 0.05) is 0 Å². The molecule has 1 heterocycles. The monoisotopic (exact) mass is 373 g/mol. The van der Waals surface area contributed by atoms with Gasteiger partial charge in [0.1, 0.15) is 0 Å². The van der Waals surface area contributed by atoms with Crippen LogP contribution in [0.5, 0.6) is 0 Å². The number of carbonyl (C=O) groups excluding carboxylic acids is 3. The van der Waals surface area contributed by atoms with Gasteiger partial charge < -0.3 is 4.84 Å². The standard InChI is InChI=1S/C18H15NO6S/c1-11(2)26(23,24)13-9-7-12(8-10-13)18(22)25-19-16(20)14-5-3-4-6-15(14)17(19)21/h3-11H,1-2H3. The number of hydrogen-bond donors (Lipinski definition) is 0. The van der Waals surface area contributed by atoms with Gasteiger partial charge in [-0.05, 0) is 50.2 Å². The fraction of sp³-hybridized carbons (Fsp3) is 0.167. The predicted molar refractivity (Wildman–Crippen MR) is 91.1 cm³/mol. The number of rotatable bonds is 4. The van der Waals surface area contributed by atoms with Crippen LogP contribution >= 0.6 is 0 Å². The highest BCUT2D eigenvalue weighted by Gasteiger charge is 2.38. The summed E-state index contributed by atoms with van der Waals surface area (Å²) in [6.45, 7) is 3.11. The van der Waals surface area contributed by atoms with Gasteiger partial charge in [0.25, 0.3) is 11.8 Å². The van der Waals surface area contributed by atoms with Crippen molar-refractivity contribution in [1.29, 1.82) is 0 Å². The second-order valence-electron chi connectivity index (χ2n) is 5.95. The van der Waals surface area contributed by atoms with Crippen LogP contribution in [0.2, 0.25) is 0 Å². The third-order valence-electron chi connectivity index (χ3n) is 3.97. The Hall–Kier alpha value is -3.00. The lowest BCUT2D eigenvalue weighted by Crippen LogP contribution is -2.32. The summed E-state index contributed by atoms with van der Waals surface area (Å²) < 4.78 is 24.2. The Kier molecular flexibility index (Phi) is 4.37. The van der Waals surface area contributed by atoms with Crippen LogP contribution in [0.15, 0.2) is 53.4 Å². The third kappa shape index (κ3) is 2.88. The molecule has 0 saturated heterocycles. The lowest BCUT2D eigenvalue weighted by Gasteiger charge is -2.13. The minimum absolute atomic E-state index is 0.0178. The molecular weight excluding hydrogens is 358 g/mol. The normalized spacial score (nSPS) is 13.9. The molecule has 1 aliphatic rings. The molecule has 8 heteroatoms. The zero-order valence-corrected chi connectivity index (χ0v) is 14.8. The van der Waals surface area contributed by atoms with Crippen molar-refractivity contribution in [3.05, 3.63) is 65.2 Å². The van der Waals surface area contributed by atoms with Crippen molar-refractivity contribution in [3.63, 3.8) is 0 Å². The summed E-state index contributed by atoms with van der Waals surface area (Å²) in [5.74, 6) is -2.39. The second kappa shape index (κ2) is 6.38. The molecule has 26 heavy (non-hydrogen) atoms. The van der Waals surface area contributed by atoms with Crippen LogP contribution in [0.3, 0.4) is 0 Å². The van der Waals surface area contributed by atoms with Crippen LogP contribution in [0.25, 0.3) is 0 Å². The summed E-state index contributed by atoms with van der Waals surface area (Å²) in [5.41, 5.74) is 0.330. The first-order chi connectivity index (χ1) is 12.2. The molecule has 0 N–H and O–H groups in total. The van der Waals surface area contributed by atoms with Crippen molar-refractivity contribution in [2.24, 2.45) is 0 Å². The van der Waals surface area contributed by atoms with E-state index in [1.807, 2.05) is 0 Å². The van der Waals surface area contributed by atoms with Gasteiger partial charge >= 0.3 is 5.97 Å². The number of fused-ring (bicyclic) bond motifs is 1. The Bertz CT molecular complexity index is 973. The maximum Gasteiger partial charge on any atom is 0.363 e. The highest BCUT2D eigenvalue weighted by Crippen LogP contribution is 2.24. The SMILES string of the molecule is CC(C)S(=O)(=O)c1ccc(C(=O)ON2C(=O)c3ccccc3C2=O)cc1. The summed E-state index contributed by atoms with van der Waals surface area (Å²) in [5, 5.41) is -0.190. The first-order valence-corrected chi connectivity index (χ1v) is 9.32. The van der Waals surface area contributed by atoms with E-state index in [1.165, 1.54) is 36.4 Å². The molecule has 2 aromatic carbocycles. The summed E-state index contributed by atoms with van der Waals surface area (Å²) >= 11 is 0. The zero-order valence-electron chi connectivity index (χ0n) is 14.0. The topological polar surface area (TPSA) is 97.8 Å². The van der Waals surface area contributed by atoms with Crippen LogP contribution in [-0.2, 0) is 14.7 Å². The van der Waals surface area contributed by atoms with E-state index in [1.54, 1.807) is 26.0 Å². The Morgan fingerprint density at radius 1 is 0.923 bits per heavy atom. The van der Waals surface area contributed by atoms with Gasteiger partial charge in [-0.3, -0.25) is 9.59 Å². The Balaban J connectivity index is 1.80. The van der Waals surface area contributed by atoms with Gasteiger partial charge in [-0.2, -0.15) is 0 Å². The summed E-state index contributed by atoms with van der Waals surface area (Å²) in [4.78, 5) is 41.6. The summed E-state index contributed by atoms with van der Waals surface area (Å²) in [6, 6.07) is 11.3. The molecule has 0 unspecified atom stereocenters. The van der Waals surface area contributed by atoms with Crippen LogP contribution < -0.4 is 0 Å². The van der Waals surface area contributed by atoms with Crippen molar-refractivity contribution in [3.8, 4) is 0 Å². The molecule has 0 atom stereocenters. The number of imide groups is 1. The lowest BCUT2D eigenvalue weighted by atomic mass is 10.1. The summed E-state index contributed by atoms with van der Waals surface area (Å²) in [7, 11) is -3.47. The molecule has 2 aromatic rings. The third-order valence-corrected chi connectivity index (χ3v) is 6.14. The van der Waals surface area contributed by atoms with Crippen LogP contribution in [0.1, 0.15) is 44.9 Å². The molecule has 0 fully saturated rings. The van der Waals surface area contributed by atoms with E-state index in [0.29, 0.717) is 5.06 Å². The highest BCUT2D eigenvalue weighted by atomic mass is 32.2. The van der Waals surface area contributed by atoms with Crippen molar-refractivity contribution in [2.45, 2.75) is 24.0 Å². The minimum Gasteiger partial charge on any atom is -0.324 e. The molecule has 0 radical (unpaired) electrons. The van der Waals surface area contributed by atoms with Crippen molar-refractivity contribution in [1.82, 2.24) is 5.06 Å². The lowest BCUT2D eigenvalue weighted by molar-refractivity contribution is -0.0584. The van der Waals surface area contributed by atoms with E-state index < -0.39 is 32.9 Å². The number of hydrogen-bond acceptors (Lipinski definition) is 6. The molecule has 2 amide bonds. The van der Waals surface area contributed by atoms with E-state index in [-0.39, 0.29) is 21.6 Å². The van der Waals surface area contributed by atoms with Crippen LogP contribution in [0, 0.1) is 0 Å². The largest absolute Gasteiger partial charge is 0.363 e. The molecule has 7 nitrogen and oxygen atoms in total. The van der Waals surface area contributed by atoms with Crippen LogP contribution in [0.4, 0.5) is 0 Å². The predicted octanol–water partition coefficient (Wildman–Crippen LogP) is 2.24. The molecule has 3 rings (SSSR count). The van der Waals surface area contributed by atoms with Crippen molar-refractivity contribution < 1.29 is 27.6 Å². The van der Waals surface area contributed by atoms with Gasteiger partial charge in [0.15, 0.2) is 9.84 Å². The van der Waals surface area contributed by atoms with E-state index in [2.05, 4.69) is 0 Å². The highest BCUT2D eigenvalue weighted by molar-refractivity contribution is 7.92. The molecular formula is C18H15NO6S. The smallest absolute Gasteiger partial charge is 0.324 e. The fourth-order valence-corrected chi connectivity index (χ4v) is 3.50. The van der Waals surface area contributed by atoms with Crippen molar-refractivity contribution >= 4 is 27.6 Å². The van der Waals surface area contributed by atoms with E-state index in [4.69, 9.17) is 4.84 Å². The first-order valence-electron chi connectivity index (χ1n) is 7.77. The maximum absolute atomic E-state index is 12.2. The number of hydroxylamine groups is 2. The number of sulfone groups is 1. The Morgan fingerprint density at radius 2 is 1.42 bits per heavy atom. The minimum atomic E-state index is -3.47. The zero-order chi connectivity index (χ0) is 19.1. The second-order valence-corrected chi connectivity index (χ2v) is 8.45. The molecule has 0 saturated carbocycles. The number of nitrogens with zero attached hydrogens (tertiary/aromatic N) is 1. The molecule has 0 bridgehead atoms. The molecule has 1 aliphatic heterocycles. The average molecular weight is 373 g/mol. The average Bonchev–Trinajstić information content (AvgIpc) is 2.87. The molecule has 0 aromatic heterocycles. The number of benzene rings is 2. The Morgan fingerprint density at radius 3 is 1.88 bits per heavy atom. The van der Waals surface area contributed by atoms with Crippen molar-refractivity contribution in [2.75, 3.05) is 0 Å². The quantitative estimate of drug-likeness (QED) is 0.763. The fourth-order valence-electron chi connectivity index (χ4n) is 2.44. The Labute approximate surface area is 150 Å². The van der Waals surface area contributed by atoms with Gasteiger partial charge in [-0.15, -0.1) is 0 Å². The first kappa shape index (κ1) is 17.8. The number of carbonyl (C=O) groups is 3.